The van der Waals surface area contributed by atoms with Crippen LogP contribution in [-0.4, -0.2) is 48.2 Å². The van der Waals surface area contributed by atoms with Crippen molar-refractivity contribution < 1.29 is 9.90 Å². The second-order valence-corrected chi connectivity index (χ2v) is 7.68. The molecule has 128 valence electrons. The molecule has 1 saturated carbocycles. The van der Waals surface area contributed by atoms with E-state index < -0.39 is 0 Å². The van der Waals surface area contributed by atoms with Crippen LogP contribution in [0.5, 0.6) is 0 Å². The van der Waals surface area contributed by atoms with Crippen LogP contribution < -0.4 is 5.32 Å². The highest BCUT2D eigenvalue weighted by Crippen LogP contribution is 2.27. The summed E-state index contributed by atoms with van der Waals surface area (Å²) in [5, 5.41) is 13.1. The third kappa shape index (κ3) is 5.54. The molecule has 0 aromatic heterocycles. The maximum absolute atomic E-state index is 12.2. The molecule has 2 fully saturated rings. The van der Waals surface area contributed by atoms with E-state index in [1.165, 1.54) is 12.8 Å². The van der Waals surface area contributed by atoms with Gasteiger partial charge in [-0.3, -0.25) is 4.79 Å². The van der Waals surface area contributed by atoms with Gasteiger partial charge in [0.05, 0.1) is 12.0 Å². The summed E-state index contributed by atoms with van der Waals surface area (Å²) in [4.78, 5) is 14.6. The molecule has 4 heteroatoms. The Balaban J connectivity index is 1.58. The fourth-order valence-corrected chi connectivity index (χ4v) is 3.97. The topological polar surface area (TPSA) is 52.6 Å². The minimum absolute atomic E-state index is 0.108. The van der Waals surface area contributed by atoms with Crippen molar-refractivity contribution in [2.75, 3.05) is 26.2 Å². The van der Waals surface area contributed by atoms with Gasteiger partial charge in [0, 0.05) is 19.6 Å². The van der Waals surface area contributed by atoms with Crippen molar-refractivity contribution >= 4 is 5.91 Å². The fraction of sp³-hybridized carbons (Fsp3) is 0.944. The predicted octanol–water partition coefficient (Wildman–Crippen LogP) is 2.41. The van der Waals surface area contributed by atoms with Gasteiger partial charge in [-0.05, 0) is 50.5 Å². The van der Waals surface area contributed by atoms with Crippen LogP contribution in [0.2, 0.25) is 0 Å². The largest absolute Gasteiger partial charge is 0.393 e. The van der Waals surface area contributed by atoms with E-state index in [-0.39, 0.29) is 17.9 Å². The van der Waals surface area contributed by atoms with Crippen LogP contribution in [0, 0.1) is 17.8 Å². The van der Waals surface area contributed by atoms with E-state index in [1.54, 1.807) is 0 Å². The fourth-order valence-electron chi connectivity index (χ4n) is 3.97. The summed E-state index contributed by atoms with van der Waals surface area (Å²) in [7, 11) is 0. The van der Waals surface area contributed by atoms with E-state index in [0.29, 0.717) is 11.8 Å². The zero-order valence-corrected chi connectivity index (χ0v) is 14.4. The van der Waals surface area contributed by atoms with Gasteiger partial charge in [-0.25, -0.2) is 0 Å². The Morgan fingerprint density at radius 1 is 1.27 bits per heavy atom. The average Bonchev–Trinajstić information content (AvgIpc) is 2.93. The molecular formula is C18H34N2O2. The molecule has 0 aromatic rings. The number of aliphatic hydroxyl groups excluding tert-OH is 1. The van der Waals surface area contributed by atoms with Gasteiger partial charge in [-0.15, -0.1) is 0 Å². The molecule has 1 aliphatic heterocycles. The molecule has 2 aliphatic rings. The summed E-state index contributed by atoms with van der Waals surface area (Å²) in [5.74, 6) is 1.54. The second kappa shape index (κ2) is 8.88. The molecule has 0 spiro atoms. The lowest BCUT2D eigenvalue weighted by atomic mass is 9.83. The summed E-state index contributed by atoms with van der Waals surface area (Å²) in [6.45, 7) is 8.31. The maximum atomic E-state index is 12.2. The van der Waals surface area contributed by atoms with Crippen LogP contribution in [0.3, 0.4) is 0 Å². The van der Waals surface area contributed by atoms with E-state index in [2.05, 4.69) is 24.1 Å². The number of carbonyl (C=O) groups excluding carboxylic acids is 1. The van der Waals surface area contributed by atoms with Crippen LogP contribution in [0.25, 0.3) is 0 Å². The molecule has 1 heterocycles. The zero-order chi connectivity index (χ0) is 15.9. The average molecular weight is 310 g/mol. The Hall–Kier alpha value is -0.610. The number of aliphatic hydroxyl groups is 1. The third-order valence-electron chi connectivity index (χ3n) is 5.19. The van der Waals surface area contributed by atoms with Crippen molar-refractivity contribution in [3.05, 3.63) is 0 Å². The zero-order valence-electron chi connectivity index (χ0n) is 14.4. The molecule has 1 aliphatic carbocycles. The van der Waals surface area contributed by atoms with Crippen molar-refractivity contribution in [1.29, 1.82) is 0 Å². The first-order valence-corrected chi connectivity index (χ1v) is 9.24. The lowest BCUT2D eigenvalue weighted by Gasteiger charge is -2.27. The predicted molar refractivity (Wildman–Crippen MR) is 89.6 cm³/mol. The Morgan fingerprint density at radius 3 is 2.77 bits per heavy atom. The van der Waals surface area contributed by atoms with Crippen LogP contribution >= 0.6 is 0 Å². The first kappa shape index (κ1) is 17.7. The third-order valence-corrected chi connectivity index (χ3v) is 5.19. The Bertz CT molecular complexity index is 346. The molecule has 2 N–H and O–H groups in total. The summed E-state index contributed by atoms with van der Waals surface area (Å²) >= 11 is 0. The SMILES string of the molecule is CC(C)CN1CCC(C(=O)NCCCC2CCCCC2O)C1. The van der Waals surface area contributed by atoms with Gasteiger partial charge in [0.15, 0.2) is 0 Å². The molecule has 2 rings (SSSR count). The van der Waals surface area contributed by atoms with Crippen molar-refractivity contribution in [2.45, 2.75) is 64.9 Å². The van der Waals surface area contributed by atoms with Gasteiger partial charge in [0.25, 0.3) is 0 Å². The van der Waals surface area contributed by atoms with Crippen LogP contribution in [-0.2, 0) is 4.79 Å². The Morgan fingerprint density at radius 2 is 2.05 bits per heavy atom. The van der Waals surface area contributed by atoms with Crippen LogP contribution in [0.4, 0.5) is 0 Å². The van der Waals surface area contributed by atoms with E-state index in [1.807, 2.05) is 0 Å². The Kier molecular flexibility index (Phi) is 7.16. The molecular weight excluding hydrogens is 276 g/mol. The summed E-state index contributed by atoms with van der Waals surface area (Å²) < 4.78 is 0. The molecule has 0 bridgehead atoms. The molecule has 3 atom stereocenters. The highest BCUT2D eigenvalue weighted by Gasteiger charge is 2.28. The second-order valence-electron chi connectivity index (χ2n) is 7.68. The molecule has 1 saturated heterocycles. The number of rotatable bonds is 7. The summed E-state index contributed by atoms with van der Waals surface area (Å²) in [5.41, 5.74) is 0. The molecule has 0 radical (unpaired) electrons. The summed E-state index contributed by atoms with van der Waals surface area (Å²) in [6.07, 6.45) is 7.47. The minimum Gasteiger partial charge on any atom is -0.393 e. The molecule has 1 amide bonds. The minimum atomic E-state index is -0.108. The number of nitrogens with zero attached hydrogens (tertiary/aromatic N) is 1. The van der Waals surface area contributed by atoms with Crippen LogP contribution in [0.15, 0.2) is 0 Å². The Labute approximate surface area is 135 Å². The van der Waals surface area contributed by atoms with Gasteiger partial charge in [-0.2, -0.15) is 0 Å². The number of hydrogen-bond donors (Lipinski definition) is 2. The van der Waals surface area contributed by atoms with E-state index in [0.717, 1.165) is 58.3 Å². The van der Waals surface area contributed by atoms with Crippen LogP contribution in [0.1, 0.15) is 58.8 Å². The quantitative estimate of drug-likeness (QED) is 0.710. The highest BCUT2D eigenvalue weighted by atomic mass is 16.3. The number of likely N-dealkylation sites (tertiary alicyclic amines) is 1. The number of amides is 1. The van der Waals surface area contributed by atoms with E-state index >= 15 is 0 Å². The highest BCUT2D eigenvalue weighted by molar-refractivity contribution is 5.79. The monoisotopic (exact) mass is 310 g/mol. The molecule has 22 heavy (non-hydrogen) atoms. The number of carbonyl (C=O) groups is 1. The first-order chi connectivity index (χ1) is 10.6. The van der Waals surface area contributed by atoms with Crippen molar-refractivity contribution in [1.82, 2.24) is 10.2 Å². The van der Waals surface area contributed by atoms with Gasteiger partial charge in [0.2, 0.25) is 5.91 Å². The number of nitrogens with one attached hydrogen (secondary N) is 1. The maximum Gasteiger partial charge on any atom is 0.224 e. The molecule has 0 aromatic carbocycles. The number of hydrogen-bond acceptors (Lipinski definition) is 3. The van der Waals surface area contributed by atoms with E-state index in [4.69, 9.17) is 0 Å². The van der Waals surface area contributed by atoms with Gasteiger partial charge < -0.3 is 15.3 Å². The van der Waals surface area contributed by atoms with Gasteiger partial charge in [0.1, 0.15) is 0 Å². The first-order valence-electron chi connectivity index (χ1n) is 9.24. The lowest BCUT2D eigenvalue weighted by Crippen LogP contribution is -2.34. The normalized spacial score (nSPS) is 29.9. The lowest BCUT2D eigenvalue weighted by molar-refractivity contribution is -0.124. The molecule has 4 nitrogen and oxygen atoms in total. The van der Waals surface area contributed by atoms with Gasteiger partial charge in [-0.1, -0.05) is 26.7 Å². The standard InChI is InChI=1S/C18H34N2O2/c1-14(2)12-20-11-9-16(13-20)18(22)19-10-5-7-15-6-3-4-8-17(15)21/h14-17,21H,3-13H2,1-2H3,(H,19,22). The van der Waals surface area contributed by atoms with Crippen molar-refractivity contribution in [3.8, 4) is 0 Å². The van der Waals surface area contributed by atoms with Crippen molar-refractivity contribution in [3.63, 3.8) is 0 Å². The van der Waals surface area contributed by atoms with E-state index in [9.17, 15) is 9.90 Å². The molecule has 3 unspecified atom stereocenters. The summed E-state index contributed by atoms with van der Waals surface area (Å²) in [6, 6.07) is 0. The van der Waals surface area contributed by atoms with Gasteiger partial charge >= 0.3 is 0 Å². The smallest absolute Gasteiger partial charge is 0.224 e. The van der Waals surface area contributed by atoms with Crippen molar-refractivity contribution in [2.24, 2.45) is 17.8 Å².